The molecule has 1 aliphatic rings. The van der Waals surface area contributed by atoms with Gasteiger partial charge in [-0.05, 0) is 24.7 Å². The molecular weight excluding hydrogens is 306 g/mol. The zero-order chi connectivity index (χ0) is 17.3. The van der Waals surface area contributed by atoms with Crippen LogP contribution in [0.25, 0.3) is 11.0 Å². The highest BCUT2D eigenvalue weighted by molar-refractivity contribution is 5.87. The molecule has 130 valence electrons. The van der Waals surface area contributed by atoms with Gasteiger partial charge in [-0.3, -0.25) is 4.79 Å². The van der Waals surface area contributed by atoms with Crippen molar-refractivity contribution in [1.29, 1.82) is 0 Å². The highest BCUT2D eigenvalue weighted by Gasteiger charge is 2.31. The number of hydrogen-bond donors (Lipinski definition) is 0. The Kier molecular flexibility index (Phi) is 4.43. The summed E-state index contributed by atoms with van der Waals surface area (Å²) in [7, 11) is 1.37. The fraction of sp³-hybridized carbons (Fsp3) is 0.647. The molecule has 0 aliphatic carbocycles. The van der Waals surface area contributed by atoms with E-state index in [1.165, 1.54) is 20.0 Å². The van der Waals surface area contributed by atoms with Crippen LogP contribution in [0.2, 0.25) is 0 Å². The average Bonchev–Trinajstić information content (AvgIpc) is 3.12. The lowest BCUT2D eigenvalue weighted by Gasteiger charge is -2.31. The normalized spacial score (nSPS) is 18.3. The van der Waals surface area contributed by atoms with E-state index in [2.05, 4.69) is 40.7 Å². The molecule has 0 spiro atoms. The maximum Gasteiger partial charge on any atom is 0.327 e. The average molecular weight is 331 g/mol. The van der Waals surface area contributed by atoms with E-state index in [0.717, 1.165) is 24.2 Å². The van der Waals surface area contributed by atoms with Crippen molar-refractivity contribution in [3.63, 3.8) is 0 Å². The minimum atomic E-state index is -0.341. The van der Waals surface area contributed by atoms with Crippen LogP contribution in [0.15, 0.2) is 12.5 Å². The standard InChI is InChI=1S/C17H25N5O2/c1-17(2,3)8-12-6-5-7-21(12)15-13-9-20-22(10-14(23)24-4)16(13)19-11-18-15/h9,11-12H,5-8,10H2,1-4H3. The third-order valence-corrected chi connectivity index (χ3v) is 4.42. The summed E-state index contributed by atoms with van der Waals surface area (Å²) >= 11 is 0. The van der Waals surface area contributed by atoms with Gasteiger partial charge in [0, 0.05) is 12.6 Å². The summed E-state index contributed by atoms with van der Waals surface area (Å²) in [6.07, 6.45) is 6.77. The molecule has 1 unspecified atom stereocenters. The molecule has 1 atom stereocenters. The van der Waals surface area contributed by atoms with E-state index in [0.29, 0.717) is 11.7 Å². The van der Waals surface area contributed by atoms with Gasteiger partial charge in [0.15, 0.2) is 5.65 Å². The van der Waals surface area contributed by atoms with E-state index < -0.39 is 0 Å². The lowest BCUT2D eigenvalue weighted by atomic mass is 9.87. The van der Waals surface area contributed by atoms with Crippen molar-refractivity contribution in [3.05, 3.63) is 12.5 Å². The van der Waals surface area contributed by atoms with Gasteiger partial charge in [0.05, 0.1) is 18.7 Å². The third-order valence-electron chi connectivity index (χ3n) is 4.42. The number of methoxy groups -OCH3 is 1. The molecule has 0 radical (unpaired) electrons. The molecule has 7 heteroatoms. The van der Waals surface area contributed by atoms with Crippen LogP contribution < -0.4 is 4.90 Å². The zero-order valence-electron chi connectivity index (χ0n) is 14.8. The van der Waals surface area contributed by atoms with Crippen molar-refractivity contribution in [2.75, 3.05) is 18.6 Å². The molecule has 0 amide bonds. The number of fused-ring (bicyclic) bond motifs is 1. The molecule has 3 heterocycles. The van der Waals surface area contributed by atoms with Crippen molar-refractivity contribution >= 4 is 22.8 Å². The first-order valence-corrected chi connectivity index (χ1v) is 8.39. The quantitative estimate of drug-likeness (QED) is 0.801. The summed E-state index contributed by atoms with van der Waals surface area (Å²) in [5.74, 6) is 0.579. The van der Waals surface area contributed by atoms with Crippen LogP contribution in [-0.4, -0.2) is 45.4 Å². The predicted molar refractivity (Wildman–Crippen MR) is 91.8 cm³/mol. The first-order chi connectivity index (χ1) is 11.4. The minimum absolute atomic E-state index is 0.0574. The molecule has 2 aromatic heterocycles. The molecule has 1 aliphatic heterocycles. The van der Waals surface area contributed by atoms with E-state index in [1.807, 2.05) is 0 Å². The second-order valence-corrected chi connectivity index (χ2v) is 7.57. The van der Waals surface area contributed by atoms with E-state index in [9.17, 15) is 4.79 Å². The molecule has 0 bridgehead atoms. The first kappa shape index (κ1) is 16.7. The number of anilines is 1. The van der Waals surface area contributed by atoms with Crippen LogP contribution in [0.1, 0.15) is 40.0 Å². The van der Waals surface area contributed by atoms with Crippen LogP contribution in [0, 0.1) is 5.41 Å². The number of carbonyl (C=O) groups excluding carboxylic acids is 1. The molecular formula is C17H25N5O2. The largest absolute Gasteiger partial charge is 0.468 e. The molecule has 1 fully saturated rings. The van der Waals surface area contributed by atoms with Crippen molar-refractivity contribution in [3.8, 4) is 0 Å². The maximum atomic E-state index is 11.5. The van der Waals surface area contributed by atoms with Gasteiger partial charge in [0.2, 0.25) is 0 Å². The Balaban J connectivity index is 1.93. The lowest BCUT2D eigenvalue weighted by molar-refractivity contribution is -0.141. The second-order valence-electron chi connectivity index (χ2n) is 7.57. The van der Waals surface area contributed by atoms with Gasteiger partial charge >= 0.3 is 5.97 Å². The SMILES string of the molecule is COC(=O)Cn1ncc2c(N3CCCC3CC(C)(C)C)ncnc21. The second kappa shape index (κ2) is 6.37. The van der Waals surface area contributed by atoms with E-state index in [1.54, 1.807) is 17.2 Å². The summed E-state index contributed by atoms with van der Waals surface area (Å²) in [5.41, 5.74) is 0.945. The Morgan fingerprint density at radius 3 is 2.88 bits per heavy atom. The van der Waals surface area contributed by atoms with Gasteiger partial charge in [-0.2, -0.15) is 5.10 Å². The summed E-state index contributed by atoms with van der Waals surface area (Å²) < 4.78 is 6.29. The topological polar surface area (TPSA) is 73.1 Å². The number of nitrogens with zero attached hydrogens (tertiary/aromatic N) is 5. The summed E-state index contributed by atoms with van der Waals surface area (Å²) in [4.78, 5) is 22.8. The summed E-state index contributed by atoms with van der Waals surface area (Å²) in [6.45, 7) is 7.87. The van der Waals surface area contributed by atoms with Crippen molar-refractivity contribution < 1.29 is 9.53 Å². The smallest absolute Gasteiger partial charge is 0.327 e. The fourth-order valence-corrected chi connectivity index (χ4v) is 3.45. The van der Waals surface area contributed by atoms with Crippen molar-refractivity contribution in [2.45, 2.75) is 52.6 Å². The van der Waals surface area contributed by atoms with Crippen LogP contribution in [-0.2, 0) is 16.1 Å². The van der Waals surface area contributed by atoms with Crippen molar-refractivity contribution in [2.24, 2.45) is 5.41 Å². The van der Waals surface area contributed by atoms with E-state index in [-0.39, 0.29) is 17.9 Å². The molecule has 24 heavy (non-hydrogen) atoms. The van der Waals surface area contributed by atoms with Gasteiger partial charge < -0.3 is 9.64 Å². The Bertz CT molecular complexity index is 734. The van der Waals surface area contributed by atoms with Crippen LogP contribution in [0.3, 0.4) is 0 Å². The highest BCUT2D eigenvalue weighted by Crippen LogP contribution is 2.34. The number of aromatic nitrogens is 4. The Hall–Kier alpha value is -2.18. The van der Waals surface area contributed by atoms with Gasteiger partial charge in [-0.25, -0.2) is 14.6 Å². The molecule has 1 saturated heterocycles. The predicted octanol–water partition coefficient (Wildman–Crippen LogP) is 2.40. The van der Waals surface area contributed by atoms with E-state index >= 15 is 0 Å². The minimum Gasteiger partial charge on any atom is -0.468 e. The Morgan fingerprint density at radius 2 is 2.17 bits per heavy atom. The molecule has 7 nitrogen and oxygen atoms in total. The van der Waals surface area contributed by atoms with Gasteiger partial charge in [0.25, 0.3) is 0 Å². The van der Waals surface area contributed by atoms with Gasteiger partial charge in [0.1, 0.15) is 18.7 Å². The number of hydrogen-bond acceptors (Lipinski definition) is 6. The Morgan fingerprint density at radius 1 is 1.38 bits per heavy atom. The molecule has 3 rings (SSSR count). The number of carbonyl (C=O) groups is 1. The van der Waals surface area contributed by atoms with E-state index in [4.69, 9.17) is 4.74 Å². The monoisotopic (exact) mass is 331 g/mol. The Labute approximate surface area is 142 Å². The zero-order valence-corrected chi connectivity index (χ0v) is 14.8. The van der Waals surface area contributed by atoms with Crippen LogP contribution in [0.4, 0.5) is 5.82 Å². The summed E-state index contributed by atoms with van der Waals surface area (Å²) in [5, 5.41) is 5.19. The van der Waals surface area contributed by atoms with Crippen LogP contribution >= 0.6 is 0 Å². The maximum absolute atomic E-state index is 11.5. The number of esters is 1. The van der Waals surface area contributed by atoms with Crippen LogP contribution in [0.5, 0.6) is 0 Å². The van der Waals surface area contributed by atoms with Crippen molar-refractivity contribution in [1.82, 2.24) is 19.7 Å². The van der Waals surface area contributed by atoms with Gasteiger partial charge in [-0.1, -0.05) is 20.8 Å². The third kappa shape index (κ3) is 3.34. The highest BCUT2D eigenvalue weighted by atomic mass is 16.5. The number of ether oxygens (including phenoxy) is 1. The van der Waals surface area contributed by atoms with Gasteiger partial charge in [-0.15, -0.1) is 0 Å². The number of rotatable bonds is 4. The fourth-order valence-electron chi connectivity index (χ4n) is 3.45. The first-order valence-electron chi connectivity index (χ1n) is 8.39. The molecule has 0 saturated carbocycles. The molecule has 0 aromatic carbocycles. The molecule has 2 aromatic rings. The summed E-state index contributed by atoms with van der Waals surface area (Å²) in [6, 6.07) is 0.479. The molecule has 0 N–H and O–H groups in total. The lowest BCUT2D eigenvalue weighted by Crippen LogP contribution is -2.33.